The van der Waals surface area contributed by atoms with Gasteiger partial charge in [0.15, 0.2) is 0 Å². The second-order valence-corrected chi connectivity index (χ2v) is 10.7. The van der Waals surface area contributed by atoms with Crippen molar-refractivity contribution in [2.75, 3.05) is 31.1 Å². The number of fused-ring (bicyclic) bond motifs is 1. The van der Waals surface area contributed by atoms with Gasteiger partial charge in [0.05, 0.1) is 0 Å². The van der Waals surface area contributed by atoms with Crippen molar-refractivity contribution in [1.82, 2.24) is 9.03 Å². The number of carboxylic acids is 1. The molecule has 0 saturated carbocycles. The summed E-state index contributed by atoms with van der Waals surface area (Å²) >= 11 is 0. The fourth-order valence-electron chi connectivity index (χ4n) is 4.52. The van der Waals surface area contributed by atoms with E-state index in [1.807, 2.05) is 6.92 Å². The van der Waals surface area contributed by atoms with Crippen LogP contribution in [0.2, 0.25) is 0 Å². The Morgan fingerprint density at radius 1 is 0.914 bits per heavy atom. The maximum atomic E-state index is 12.7. The van der Waals surface area contributed by atoms with Crippen molar-refractivity contribution < 1.29 is 18.3 Å². The third-order valence-electron chi connectivity index (χ3n) is 6.56. The lowest BCUT2D eigenvalue weighted by molar-refractivity contribution is -0.139. The summed E-state index contributed by atoms with van der Waals surface area (Å²) in [5.74, 6) is -1.14. The average Bonchev–Trinajstić information content (AvgIpc) is 2.87. The Bertz CT molecular complexity index is 1250. The largest absolute Gasteiger partial charge is 0.480 e. The molecular formula is C27H33N3O4S. The third-order valence-corrected chi connectivity index (χ3v) is 8.19. The molecule has 2 N–H and O–H groups in total. The molecule has 0 aromatic heterocycles. The van der Waals surface area contributed by atoms with Crippen molar-refractivity contribution in [1.29, 1.82) is 0 Å². The van der Waals surface area contributed by atoms with Crippen LogP contribution in [0, 0.1) is 0 Å². The molecule has 1 heterocycles. The number of nitrogens with one attached hydrogen (secondary N) is 1. The second kappa shape index (κ2) is 11.2. The molecule has 3 aromatic rings. The zero-order valence-electron chi connectivity index (χ0n) is 20.1. The molecule has 8 heteroatoms. The topological polar surface area (TPSA) is 90.0 Å². The molecule has 1 saturated heterocycles. The minimum Gasteiger partial charge on any atom is -0.480 e. The molecule has 0 aliphatic carbocycles. The molecule has 0 spiro atoms. The van der Waals surface area contributed by atoms with Gasteiger partial charge in [0.1, 0.15) is 6.04 Å². The highest BCUT2D eigenvalue weighted by Gasteiger charge is 2.31. The number of anilines is 1. The number of aryl methyl sites for hydroxylation is 2. The first-order valence-corrected chi connectivity index (χ1v) is 13.6. The molecule has 1 fully saturated rings. The highest BCUT2D eigenvalue weighted by atomic mass is 32.2. The molecule has 7 nitrogen and oxygen atoms in total. The lowest BCUT2D eigenvalue weighted by atomic mass is 10.0. The van der Waals surface area contributed by atoms with Crippen LogP contribution in [0.15, 0.2) is 66.7 Å². The molecule has 35 heavy (non-hydrogen) atoms. The molecular weight excluding hydrogens is 462 g/mol. The molecule has 4 rings (SSSR count). The van der Waals surface area contributed by atoms with E-state index in [4.69, 9.17) is 0 Å². The van der Waals surface area contributed by atoms with E-state index in [-0.39, 0.29) is 6.42 Å². The smallest absolute Gasteiger partial charge is 0.321 e. The van der Waals surface area contributed by atoms with Gasteiger partial charge in [-0.25, -0.2) is 0 Å². The summed E-state index contributed by atoms with van der Waals surface area (Å²) in [6.07, 6.45) is 2.79. The predicted octanol–water partition coefficient (Wildman–Crippen LogP) is 3.83. The summed E-state index contributed by atoms with van der Waals surface area (Å²) in [7, 11) is -3.83. The second-order valence-electron chi connectivity index (χ2n) is 9.04. The first-order valence-electron chi connectivity index (χ1n) is 12.2. The summed E-state index contributed by atoms with van der Waals surface area (Å²) in [6, 6.07) is 22.4. The first kappa shape index (κ1) is 25.2. The van der Waals surface area contributed by atoms with Crippen molar-refractivity contribution in [2.45, 2.75) is 38.6 Å². The van der Waals surface area contributed by atoms with Gasteiger partial charge in [-0.1, -0.05) is 67.9 Å². The Hall–Kier alpha value is -2.94. The molecule has 0 radical (unpaired) electrons. The van der Waals surface area contributed by atoms with Gasteiger partial charge in [0.2, 0.25) is 0 Å². The molecule has 0 amide bonds. The van der Waals surface area contributed by atoms with E-state index in [0.29, 0.717) is 32.6 Å². The van der Waals surface area contributed by atoms with E-state index in [9.17, 15) is 18.3 Å². The zero-order valence-corrected chi connectivity index (χ0v) is 20.9. The SMILES string of the molecule is CCCC(NS(=O)(=O)N1CCN(c2ccc(CCc3ccc4ccccc4c3)cc2)CC1)C(=O)O. The van der Waals surface area contributed by atoms with E-state index in [1.165, 1.54) is 26.2 Å². The Kier molecular flexibility index (Phi) is 8.05. The monoisotopic (exact) mass is 495 g/mol. The van der Waals surface area contributed by atoms with Gasteiger partial charge < -0.3 is 10.0 Å². The first-order chi connectivity index (χ1) is 16.9. The van der Waals surface area contributed by atoms with E-state index >= 15 is 0 Å². The number of hydrogen-bond acceptors (Lipinski definition) is 4. The van der Waals surface area contributed by atoms with Crippen LogP contribution in [0.1, 0.15) is 30.9 Å². The van der Waals surface area contributed by atoms with Crippen molar-refractivity contribution in [3.63, 3.8) is 0 Å². The summed E-state index contributed by atoms with van der Waals surface area (Å²) in [4.78, 5) is 13.5. The minimum atomic E-state index is -3.83. The molecule has 186 valence electrons. The highest BCUT2D eigenvalue weighted by Crippen LogP contribution is 2.21. The summed E-state index contributed by atoms with van der Waals surface area (Å²) in [5, 5.41) is 11.8. The number of nitrogens with zero attached hydrogens (tertiary/aromatic N) is 2. The average molecular weight is 496 g/mol. The predicted molar refractivity (Wildman–Crippen MR) is 140 cm³/mol. The number of benzene rings is 3. The van der Waals surface area contributed by atoms with Crippen molar-refractivity contribution in [2.24, 2.45) is 0 Å². The lowest BCUT2D eigenvalue weighted by Gasteiger charge is -2.35. The van der Waals surface area contributed by atoms with Crippen LogP contribution < -0.4 is 9.62 Å². The van der Waals surface area contributed by atoms with Gasteiger partial charge in [-0.05, 0) is 53.3 Å². The van der Waals surface area contributed by atoms with Crippen LogP contribution in [-0.4, -0.2) is 56.0 Å². The Morgan fingerprint density at radius 3 is 2.20 bits per heavy atom. The fraction of sp³-hybridized carbons (Fsp3) is 0.370. The quantitative estimate of drug-likeness (QED) is 0.446. The van der Waals surface area contributed by atoms with E-state index in [2.05, 4.69) is 76.4 Å². The lowest BCUT2D eigenvalue weighted by Crippen LogP contribution is -2.54. The summed E-state index contributed by atoms with van der Waals surface area (Å²) in [6.45, 7) is 3.58. The molecule has 0 bridgehead atoms. The summed E-state index contributed by atoms with van der Waals surface area (Å²) < 4.78 is 29.0. The van der Waals surface area contributed by atoms with Crippen LogP contribution in [-0.2, 0) is 27.8 Å². The van der Waals surface area contributed by atoms with Gasteiger partial charge in [-0.2, -0.15) is 17.4 Å². The van der Waals surface area contributed by atoms with Gasteiger partial charge in [0.25, 0.3) is 10.2 Å². The van der Waals surface area contributed by atoms with Crippen molar-refractivity contribution in [3.05, 3.63) is 77.9 Å². The van der Waals surface area contributed by atoms with E-state index < -0.39 is 22.2 Å². The van der Waals surface area contributed by atoms with Gasteiger partial charge in [-0.15, -0.1) is 0 Å². The molecule has 1 aliphatic rings. The third kappa shape index (κ3) is 6.39. The Morgan fingerprint density at radius 2 is 1.54 bits per heavy atom. The normalized spacial score (nSPS) is 15.9. The Labute approximate surface area is 207 Å². The van der Waals surface area contributed by atoms with Gasteiger partial charge in [-0.3, -0.25) is 4.79 Å². The Balaban J connectivity index is 1.30. The highest BCUT2D eigenvalue weighted by molar-refractivity contribution is 7.87. The van der Waals surface area contributed by atoms with Crippen molar-refractivity contribution >= 4 is 32.6 Å². The number of carboxylic acid groups (broad SMARTS) is 1. The number of rotatable bonds is 10. The van der Waals surface area contributed by atoms with Crippen LogP contribution in [0.3, 0.4) is 0 Å². The molecule has 1 aliphatic heterocycles. The minimum absolute atomic E-state index is 0.266. The van der Waals surface area contributed by atoms with Gasteiger partial charge in [0, 0.05) is 31.9 Å². The van der Waals surface area contributed by atoms with Crippen LogP contribution in [0.25, 0.3) is 10.8 Å². The van der Waals surface area contributed by atoms with Crippen LogP contribution >= 0.6 is 0 Å². The van der Waals surface area contributed by atoms with Crippen LogP contribution in [0.4, 0.5) is 5.69 Å². The molecule has 1 atom stereocenters. The molecule has 3 aromatic carbocycles. The fourth-order valence-corrected chi connectivity index (χ4v) is 5.89. The maximum absolute atomic E-state index is 12.7. The van der Waals surface area contributed by atoms with E-state index in [0.717, 1.165) is 18.5 Å². The maximum Gasteiger partial charge on any atom is 0.321 e. The number of hydrogen-bond donors (Lipinski definition) is 2. The number of aliphatic carboxylic acids is 1. The standard InChI is InChI=1S/C27H33N3O4S/c1-2-5-26(27(31)32)28-35(33,34)30-18-16-29(17-19-30)25-14-11-21(12-15-25)8-9-22-10-13-23-6-3-4-7-24(23)20-22/h3-4,6-7,10-15,20,26,28H,2,5,8-9,16-19H2,1H3,(H,31,32). The van der Waals surface area contributed by atoms with Crippen LogP contribution in [0.5, 0.6) is 0 Å². The van der Waals surface area contributed by atoms with Gasteiger partial charge >= 0.3 is 5.97 Å². The summed E-state index contributed by atoms with van der Waals surface area (Å²) in [5.41, 5.74) is 3.66. The molecule has 1 unspecified atom stereocenters. The number of carbonyl (C=O) groups is 1. The van der Waals surface area contributed by atoms with Crippen molar-refractivity contribution in [3.8, 4) is 0 Å². The zero-order chi connectivity index (χ0) is 24.8. The van der Waals surface area contributed by atoms with E-state index in [1.54, 1.807) is 0 Å². The number of piperazine rings is 1.